The number of ether oxygens (including phenoxy) is 1. The van der Waals surface area contributed by atoms with Crippen molar-refractivity contribution < 1.29 is 9.53 Å². The molecule has 0 bridgehead atoms. The fraction of sp³-hybridized carbons (Fsp3) is 0.231. The fourth-order valence-corrected chi connectivity index (χ4v) is 2.42. The van der Waals surface area contributed by atoms with Gasteiger partial charge < -0.3 is 10.5 Å². The molecule has 0 spiro atoms. The number of benzene rings is 1. The van der Waals surface area contributed by atoms with Crippen molar-refractivity contribution in [2.75, 3.05) is 5.73 Å². The van der Waals surface area contributed by atoms with E-state index >= 15 is 0 Å². The molecule has 1 heterocycles. The predicted octanol–water partition coefficient (Wildman–Crippen LogP) is 3.19. The standard InChI is InChI=1S/C13H13Br2N3O2/c1-7-12(15)11(18(2)17-7)6-20-13(19)8-3-4-9(14)10(16)5-8/h3-5H,6,16H2,1-2H3. The van der Waals surface area contributed by atoms with E-state index in [4.69, 9.17) is 10.5 Å². The number of aromatic nitrogens is 2. The van der Waals surface area contributed by atoms with E-state index in [1.54, 1.807) is 29.9 Å². The number of nitrogens with two attached hydrogens (primary N) is 1. The molecular formula is C13H13Br2N3O2. The minimum atomic E-state index is -0.421. The van der Waals surface area contributed by atoms with Crippen LogP contribution in [0, 0.1) is 6.92 Å². The van der Waals surface area contributed by atoms with Crippen LogP contribution in [0.25, 0.3) is 0 Å². The summed E-state index contributed by atoms with van der Waals surface area (Å²) in [5, 5.41) is 4.24. The van der Waals surface area contributed by atoms with E-state index in [9.17, 15) is 4.79 Å². The quantitative estimate of drug-likeness (QED) is 0.632. The third kappa shape index (κ3) is 3.04. The highest BCUT2D eigenvalue weighted by molar-refractivity contribution is 9.11. The van der Waals surface area contributed by atoms with E-state index in [2.05, 4.69) is 37.0 Å². The maximum Gasteiger partial charge on any atom is 0.338 e. The third-order valence-electron chi connectivity index (χ3n) is 2.83. The molecule has 0 amide bonds. The van der Waals surface area contributed by atoms with Crippen molar-refractivity contribution in [3.63, 3.8) is 0 Å². The predicted molar refractivity (Wildman–Crippen MR) is 83.3 cm³/mol. The number of anilines is 1. The zero-order valence-corrected chi connectivity index (χ0v) is 14.2. The van der Waals surface area contributed by atoms with Crippen LogP contribution in [-0.2, 0) is 18.4 Å². The minimum absolute atomic E-state index is 0.146. The number of carbonyl (C=O) groups is 1. The summed E-state index contributed by atoms with van der Waals surface area (Å²) < 4.78 is 8.57. The molecule has 2 N–H and O–H groups in total. The molecule has 0 radical (unpaired) electrons. The average molecular weight is 403 g/mol. The SMILES string of the molecule is Cc1nn(C)c(COC(=O)c2ccc(Br)c(N)c2)c1Br. The first-order valence-electron chi connectivity index (χ1n) is 5.80. The lowest BCUT2D eigenvalue weighted by Gasteiger charge is -2.07. The summed E-state index contributed by atoms with van der Waals surface area (Å²) in [5.41, 5.74) is 8.32. The zero-order chi connectivity index (χ0) is 14.9. The molecule has 0 aliphatic carbocycles. The molecule has 0 saturated heterocycles. The van der Waals surface area contributed by atoms with Gasteiger partial charge in [0.05, 0.1) is 21.4 Å². The largest absolute Gasteiger partial charge is 0.456 e. The van der Waals surface area contributed by atoms with Crippen molar-refractivity contribution in [1.82, 2.24) is 9.78 Å². The lowest BCUT2D eigenvalue weighted by molar-refractivity contribution is 0.0462. The van der Waals surface area contributed by atoms with Crippen LogP contribution in [0.2, 0.25) is 0 Å². The first-order chi connectivity index (χ1) is 9.40. The van der Waals surface area contributed by atoms with Crippen molar-refractivity contribution in [3.8, 4) is 0 Å². The van der Waals surface area contributed by atoms with E-state index in [1.165, 1.54) is 0 Å². The van der Waals surface area contributed by atoms with Gasteiger partial charge in [-0.1, -0.05) is 0 Å². The first-order valence-corrected chi connectivity index (χ1v) is 7.39. The molecule has 7 heteroatoms. The Morgan fingerprint density at radius 2 is 2.15 bits per heavy atom. The Morgan fingerprint density at radius 1 is 1.45 bits per heavy atom. The molecule has 1 aromatic heterocycles. The van der Waals surface area contributed by atoms with Crippen molar-refractivity contribution >= 4 is 43.5 Å². The Labute approximate surface area is 133 Å². The molecule has 0 aliphatic heterocycles. The van der Waals surface area contributed by atoms with E-state index in [1.807, 2.05) is 6.92 Å². The lowest BCUT2D eigenvalue weighted by atomic mass is 10.2. The van der Waals surface area contributed by atoms with Crippen LogP contribution in [0.3, 0.4) is 0 Å². The number of hydrogen-bond donors (Lipinski definition) is 1. The summed E-state index contributed by atoms with van der Waals surface area (Å²) >= 11 is 6.71. The number of halogens is 2. The van der Waals surface area contributed by atoms with Crippen molar-refractivity contribution in [3.05, 3.63) is 44.1 Å². The molecule has 0 aliphatic rings. The summed E-state index contributed by atoms with van der Waals surface area (Å²) in [7, 11) is 1.80. The number of esters is 1. The van der Waals surface area contributed by atoms with Crippen molar-refractivity contribution in [1.29, 1.82) is 0 Å². The second-order valence-corrected chi connectivity index (χ2v) is 5.93. The summed E-state index contributed by atoms with van der Waals surface area (Å²) in [6, 6.07) is 4.96. The van der Waals surface area contributed by atoms with Gasteiger partial charge >= 0.3 is 5.97 Å². The number of carbonyl (C=O) groups excluding carboxylic acids is 1. The van der Waals surface area contributed by atoms with Crippen LogP contribution in [-0.4, -0.2) is 15.7 Å². The van der Waals surface area contributed by atoms with Gasteiger partial charge in [0.25, 0.3) is 0 Å². The maximum absolute atomic E-state index is 12.0. The average Bonchev–Trinajstić information content (AvgIpc) is 2.64. The minimum Gasteiger partial charge on any atom is -0.456 e. The first kappa shape index (κ1) is 15.1. The van der Waals surface area contributed by atoms with Gasteiger partial charge in [0.2, 0.25) is 0 Å². The van der Waals surface area contributed by atoms with Gasteiger partial charge in [-0.05, 0) is 57.0 Å². The normalized spacial score (nSPS) is 10.6. The topological polar surface area (TPSA) is 70.1 Å². The van der Waals surface area contributed by atoms with Gasteiger partial charge in [-0.15, -0.1) is 0 Å². The molecule has 2 rings (SSSR count). The highest BCUT2D eigenvalue weighted by Gasteiger charge is 2.14. The van der Waals surface area contributed by atoms with E-state index in [0.29, 0.717) is 11.3 Å². The van der Waals surface area contributed by atoms with Crippen LogP contribution < -0.4 is 5.73 Å². The molecule has 5 nitrogen and oxygen atoms in total. The van der Waals surface area contributed by atoms with Crippen LogP contribution in [0.4, 0.5) is 5.69 Å². The molecule has 2 aromatic rings. The second kappa shape index (κ2) is 5.97. The zero-order valence-electron chi connectivity index (χ0n) is 11.0. The Kier molecular flexibility index (Phi) is 4.49. The van der Waals surface area contributed by atoms with E-state index in [-0.39, 0.29) is 6.61 Å². The van der Waals surface area contributed by atoms with Gasteiger partial charge in [-0.3, -0.25) is 4.68 Å². The Morgan fingerprint density at radius 3 is 2.70 bits per heavy atom. The van der Waals surface area contributed by atoms with Gasteiger partial charge in [-0.2, -0.15) is 5.10 Å². The van der Waals surface area contributed by atoms with Crippen molar-refractivity contribution in [2.24, 2.45) is 7.05 Å². The molecule has 0 atom stereocenters. The number of aryl methyl sites for hydroxylation is 2. The Bertz CT molecular complexity index is 668. The van der Waals surface area contributed by atoms with Gasteiger partial charge in [-0.25, -0.2) is 4.79 Å². The summed E-state index contributed by atoms with van der Waals surface area (Å²) in [6.45, 7) is 2.03. The third-order valence-corrected chi connectivity index (χ3v) is 4.59. The number of nitrogen functional groups attached to an aromatic ring is 1. The van der Waals surface area contributed by atoms with Gasteiger partial charge in [0, 0.05) is 17.2 Å². The lowest BCUT2D eigenvalue weighted by Crippen LogP contribution is -2.08. The van der Waals surface area contributed by atoms with Crippen molar-refractivity contribution in [2.45, 2.75) is 13.5 Å². The van der Waals surface area contributed by atoms with Gasteiger partial charge in [0.15, 0.2) is 0 Å². The summed E-state index contributed by atoms with van der Waals surface area (Å²) in [4.78, 5) is 12.0. The Balaban J connectivity index is 2.10. The summed E-state index contributed by atoms with van der Waals surface area (Å²) in [5.74, 6) is -0.421. The monoisotopic (exact) mass is 401 g/mol. The van der Waals surface area contributed by atoms with E-state index < -0.39 is 5.97 Å². The highest BCUT2D eigenvalue weighted by Crippen LogP contribution is 2.23. The second-order valence-electron chi connectivity index (χ2n) is 4.28. The van der Waals surface area contributed by atoms with E-state index in [0.717, 1.165) is 20.3 Å². The molecule has 0 saturated carbocycles. The molecule has 0 unspecified atom stereocenters. The van der Waals surface area contributed by atoms with Gasteiger partial charge in [0.1, 0.15) is 6.61 Å². The van der Waals surface area contributed by atoms with Crippen LogP contribution >= 0.6 is 31.9 Å². The fourth-order valence-electron chi connectivity index (χ4n) is 1.72. The highest BCUT2D eigenvalue weighted by atomic mass is 79.9. The number of hydrogen-bond acceptors (Lipinski definition) is 4. The molecule has 20 heavy (non-hydrogen) atoms. The smallest absolute Gasteiger partial charge is 0.338 e. The molecule has 1 aromatic carbocycles. The number of rotatable bonds is 3. The van der Waals surface area contributed by atoms with Crippen LogP contribution in [0.15, 0.2) is 27.1 Å². The Hall–Kier alpha value is -1.34. The summed E-state index contributed by atoms with van der Waals surface area (Å²) in [6.07, 6.45) is 0. The van der Waals surface area contributed by atoms with Crippen LogP contribution in [0.1, 0.15) is 21.7 Å². The maximum atomic E-state index is 12.0. The molecular weight excluding hydrogens is 390 g/mol. The molecule has 0 fully saturated rings. The van der Waals surface area contributed by atoms with Crippen LogP contribution in [0.5, 0.6) is 0 Å². The molecule has 106 valence electrons. The number of nitrogens with zero attached hydrogens (tertiary/aromatic N) is 2.